The summed E-state index contributed by atoms with van der Waals surface area (Å²) in [5.74, 6) is -3.41. The zero-order valence-electron chi connectivity index (χ0n) is 11.5. The molecule has 1 heterocycles. The molecule has 1 nitrogen and oxygen atoms in total. The van der Waals surface area contributed by atoms with Crippen molar-refractivity contribution in [2.24, 2.45) is 0 Å². The van der Waals surface area contributed by atoms with Crippen LogP contribution in [0.4, 0.5) is 8.78 Å². The third-order valence-corrected chi connectivity index (χ3v) is 4.44. The van der Waals surface area contributed by atoms with E-state index in [9.17, 15) is 8.78 Å². The Morgan fingerprint density at radius 3 is 2.38 bits per heavy atom. The molecule has 0 amide bonds. The van der Waals surface area contributed by atoms with Gasteiger partial charge in [0, 0.05) is 17.6 Å². The summed E-state index contributed by atoms with van der Waals surface area (Å²) < 4.78 is 29.5. The molecule has 0 spiro atoms. The zero-order chi connectivity index (χ0) is 14.9. The molecular weight excluding hydrogens is 336 g/mol. The summed E-state index contributed by atoms with van der Waals surface area (Å²) in [7, 11) is 0. The van der Waals surface area contributed by atoms with E-state index in [0.29, 0.717) is 18.7 Å². The largest absolute Gasteiger partial charge is 0.292 e. The number of hydrogen-bond donors (Lipinski definition) is 0. The molecule has 1 fully saturated rings. The van der Waals surface area contributed by atoms with E-state index in [1.54, 1.807) is 12.1 Å². The van der Waals surface area contributed by atoms with E-state index in [-0.39, 0.29) is 6.54 Å². The Kier molecular flexibility index (Phi) is 4.09. The van der Waals surface area contributed by atoms with Gasteiger partial charge in [0.1, 0.15) is 0 Å². The number of nitrogens with zero attached hydrogens (tertiary/aromatic N) is 1. The van der Waals surface area contributed by atoms with Crippen molar-refractivity contribution in [3.8, 4) is 0 Å². The van der Waals surface area contributed by atoms with Gasteiger partial charge in [0.2, 0.25) is 0 Å². The molecule has 1 aliphatic rings. The van der Waals surface area contributed by atoms with Crippen LogP contribution in [-0.2, 0) is 6.54 Å². The van der Waals surface area contributed by atoms with Gasteiger partial charge in [-0.05, 0) is 23.3 Å². The van der Waals surface area contributed by atoms with Crippen molar-refractivity contribution in [2.75, 3.05) is 13.1 Å². The summed E-state index contributed by atoms with van der Waals surface area (Å²) in [5, 5.41) is 0. The number of likely N-dealkylation sites (tertiary alicyclic amines) is 1. The predicted octanol–water partition coefficient (Wildman–Crippen LogP) is 4.68. The molecule has 3 rings (SSSR count). The van der Waals surface area contributed by atoms with E-state index in [1.807, 2.05) is 47.4 Å². The van der Waals surface area contributed by atoms with Crippen molar-refractivity contribution >= 4 is 15.9 Å². The van der Waals surface area contributed by atoms with E-state index in [2.05, 4.69) is 15.9 Å². The summed E-state index contributed by atoms with van der Waals surface area (Å²) in [6.45, 7) is 0.787. The van der Waals surface area contributed by atoms with Crippen LogP contribution in [-0.4, -0.2) is 23.9 Å². The molecule has 1 unspecified atom stereocenters. The van der Waals surface area contributed by atoms with Gasteiger partial charge in [-0.3, -0.25) is 4.90 Å². The van der Waals surface area contributed by atoms with Crippen molar-refractivity contribution in [3.05, 3.63) is 70.2 Å². The molecule has 0 bridgehead atoms. The SMILES string of the molecule is FC1(F)CN(Cc2ccccc2)CC1c1ccc(Br)cc1. The Hall–Kier alpha value is -1.26. The highest BCUT2D eigenvalue weighted by molar-refractivity contribution is 9.10. The van der Waals surface area contributed by atoms with Crippen molar-refractivity contribution in [1.82, 2.24) is 4.90 Å². The van der Waals surface area contributed by atoms with E-state index in [0.717, 1.165) is 10.0 Å². The van der Waals surface area contributed by atoms with Crippen LogP contribution in [0.2, 0.25) is 0 Å². The topological polar surface area (TPSA) is 3.24 Å². The minimum absolute atomic E-state index is 0.178. The first-order chi connectivity index (χ1) is 10.0. The summed E-state index contributed by atoms with van der Waals surface area (Å²) in [4.78, 5) is 1.84. The Labute approximate surface area is 131 Å². The fourth-order valence-corrected chi connectivity index (χ4v) is 3.14. The van der Waals surface area contributed by atoms with Gasteiger partial charge in [-0.1, -0.05) is 58.4 Å². The van der Waals surface area contributed by atoms with Gasteiger partial charge in [-0.2, -0.15) is 0 Å². The molecule has 0 radical (unpaired) electrons. The van der Waals surface area contributed by atoms with Gasteiger partial charge >= 0.3 is 0 Å². The van der Waals surface area contributed by atoms with Crippen LogP contribution in [0.3, 0.4) is 0 Å². The van der Waals surface area contributed by atoms with Crippen LogP contribution in [0.1, 0.15) is 17.0 Å². The van der Waals surface area contributed by atoms with Crippen LogP contribution in [0, 0.1) is 0 Å². The predicted molar refractivity (Wildman–Crippen MR) is 83.5 cm³/mol. The Balaban J connectivity index is 1.76. The summed E-state index contributed by atoms with van der Waals surface area (Å²) >= 11 is 3.34. The minimum atomic E-state index is -2.68. The maximum Gasteiger partial charge on any atom is 0.268 e. The lowest BCUT2D eigenvalue weighted by atomic mass is 9.95. The highest BCUT2D eigenvalue weighted by Crippen LogP contribution is 2.40. The smallest absolute Gasteiger partial charge is 0.268 e. The lowest BCUT2D eigenvalue weighted by Crippen LogP contribution is -2.26. The highest BCUT2D eigenvalue weighted by Gasteiger charge is 2.48. The number of hydrogen-bond acceptors (Lipinski definition) is 1. The molecular formula is C17H16BrF2N. The lowest BCUT2D eigenvalue weighted by molar-refractivity contribution is -0.00345. The van der Waals surface area contributed by atoms with Gasteiger partial charge in [-0.15, -0.1) is 0 Å². The van der Waals surface area contributed by atoms with Gasteiger partial charge in [0.05, 0.1) is 12.5 Å². The van der Waals surface area contributed by atoms with Crippen LogP contribution in [0.5, 0.6) is 0 Å². The molecule has 4 heteroatoms. The quantitative estimate of drug-likeness (QED) is 0.775. The van der Waals surface area contributed by atoms with Crippen LogP contribution in [0.25, 0.3) is 0 Å². The third-order valence-electron chi connectivity index (χ3n) is 3.91. The average Bonchev–Trinajstić information content (AvgIpc) is 2.75. The second kappa shape index (κ2) is 5.85. The molecule has 110 valence electrons. The third kappa shape index (κ3) is 3.33. The lowest BCUT2D eigenvalue weighted by Gasteiger charge is -2.17. The van der Waals surface area contributed by atoms with E-state index in [1.165, 1.54) is 0 Å². The molecule has 1 atom stereocenters. The van der Waals surface area contributed by atoms with Crippen molar-refractivity contribution in [2.45, 2.75) is 18.4 Å². The highest BCUT2D eigenvalue weighted by atomic mass is 79.9. The maximum absolute atomic E-state index is 14.3. The molecule has 0 saturated carbocycles. The van der Waals surface area contributed by atoms with Crippen molar-refractivity contribution in [1.29, 1.82) is 0 Å². The molecule has 2 aromatic carbocycles. The van der Waals surface area contributed by atoms with E-state index < -0.39 is 11.8 Å². The molecule has 0 aromatic heterocycles. The van der Waals surface area contributed by atoms with Gasteiger partial charge < -0.3 is 0 Å². The Morgan fingerprint density at radius 1 is 1.05 bits per heavy atom. The van der Waals surface area contributed by atoms with Crippen LogP contribution >= 0.6 is 15.9 Å². The molecule has 1 aliphatic heterocycles. The summed E-state index contributed by atoms with van der Waals surface area (Å²) in [6, 6.07) is 17.0. The zero-order valence-corrected chi connectivity index (χ0v) is 13.1. The number of benzene rings is 2. The average molecular weight is 352 g/mol. The fourth-order valence-electron chi connectivity index (χ4n) is 2.87. The fraction of sp³-hybridized carbons (Fsp3) is 0.294. The first kappa shape index (κ1) is 14.7. The summed E-state index contributed by atoms with van der Waals surface area (Å²) in [5.41, 5.74) is 1.78. The van der Waals surface area contributed by atoms with Gasteiger partial charge in [0.15, 0.2) is 0 Å². The number of rotatable bonds is 3. The first-order valence-electron chi connectivity index (χ1n) is 6.94. The van der Waals surface area contributed by atoms with Crippen LogP contribution < -0.4 is 0 Å². The monoisotopic (exact) mass is 351 g/mol. The first-order valence-corrected chi connectivity index (χ1v) is 7.73. The van der Waals surface area contributed by atoms with Crippen molar-refractivity contribution < 1.29 is 8.78 Å². The molecule has 0 aliphatic carbocycles. The van der Waals surface area contributed by atoms with E-state index in [4.69, 9.17) is 0 Å². The Bertz CT molecular complexity index is 598. The molecule has 2 aromatic rings. The second-order valence-electron chi connectivity index (χ2n) is 5.52. The van der Waals surface area contributed by atoms with Gasteiger partial charge in [0.25, 0.3) is 5.92 Å². The minimum Gasteiger partial charge on any atom is -0.292 e. The molecule has 0 N–H and O–H groups in total. The molecule has 1 saturated heterocycles. The summed E-state index contributed by atoms with van der Waals surface area (Å²) in [6.07, 6.45) is 0. The van der Waals surface area contributed by atoms with Gasteiger partial charge in [-0.25, -0.2) is 8.78 Å². The van der Waals surface area contributed by atoms with Crippen LogP contribution in [0.15, 0.2) is 59.1 Å². The number of alkyl halides is 2. The maximum atomic E-state index is 14.3. The standard InChI is InChI=1S/C17H16BrF2N/c18-15-8-6-14(7-9-15)16-11-21(12-17(16,19)20)10-13-4-2-1-3-5-13/h1-9,16H,10-12H2. The second-order valence-corrected chi connectivity index (χ2v) is 6.44. The Morgan fingerprint density at radius 2 is 1.71 bits per heavy atom. The van der Waals surface area contributed by atoms with Crippen molar-refractivity contribution in [3.63, 3.8) is 0 Å². The normalized spacial score (nSPS) is 21.6. The molecule has 21 heavy (non-hydrogen) atoms. The van der Waals surface area contributed by atoms with E-state index >= 15 is 0 Å². The number of halogens is 3.